The third-order valence-corrected chi connectivity index (χ3v) is 5.34. The Labute approximate surface area is 163 Å². The van der Waals surface area contributed by atoms with Crippen LogP contribution in [-0.4, -0.2) is 22.2 Å². The van der Waals surface area contributed by atoms with E-state index >= 15 is 0 Å². The van der Waals surface area contributed by atoms with Gasteiger partial charge in [0, 0.05) is 18.8 Å². The van der Waals surface area contributed by atoms with Gasteiger partial charge in [-0.05, 0) is 54.9 Å². The Morgan fingerprint density at radius 3 is 2.71 bits per heavy atom. The number of aryl methyl sites for hydroxylation is 1. The maximum atomic E-state index is 14.9. The fraction of sp³-hybridized carbons (Fsp3) is 0.455. The highest BCUT2D eigenvalue weighted by atomic mass is 19.1. The van der Waals surface area contributed by atoms with Gasteiger partial charge in [-0.25, -0.2) is 9.18 Å². The van der Waals surface area contributed by atoms with E-state index in [4.69, 9.17) is 9.84 Å². The molecule has 0 radical (unpaired) electrons. The summed E-state index contributed by atoms with van der Waals surface area (Å²) in [7, 11) is 1.55. The van der Waals surface area contributed by atoms with Crippen molar-refractivity contribution in [2.24, 2.45) is 18.9 Å². The minimum Gasteiger partial charge on any atom is -0.493 e. The lowest BCUT2D eigenvalue weighted by molar-refractivity contribution is 0.0694. The van der Waals surface area contributed by atoms with Gasteiger partial charge in [0.1, 0.15) is 11.3 Å². The van der Waals surface area contributed by atoms with Crippen LogP contribution in [0.1, 0.15) is 49.0 Å². The molecule has 0 amide bonds. The van der Waals surface area contributed by atoms with Gasteiger partial charge in [-0.3, -0.25) is 4.79 Å². The first-order valence-corrected chi connectivity index (χ1v) is 9.70. The van der Waals surface area contributed by atoms with Gasteiger partial charge in [-0.2, -0.15) is 0 Å². The minimum atomic E-state index is -1.44. The molecule has 1 aromatic carbocycles. The van der Waals surface area contributed by atoms with Gasteiger partial charge in [0.25, 0.3) is 0 Å². The van der Waals surface area contributed by atoms with Crippen molar-refractivity contribution in [1.29, 1.82) is 0 Å². The zero-order chi connectivity index (χ0) is 20.4. The summed E-state index contributed by atoms with van der Waals surface area (Å²) in [5.74, 6) is -0.744. The Hall–Kier alpha value is -2.63. The van der Waals surface area contributed by atoms with Crippen LogP contribution in [-0.2, 0) is 13.5 Å². The van der Waals surface area contributed by atoms with Crippen LogP contribution < -0.4 is 10.2 Å². The predicted octanol–water partition coefficient (Wildman–Crippen LogP) is 4.27. The Morgan fingerprint density at radius 2 is 2.11 bits per heavy atom. The van der Waals surface area contributed by atoms with Crippen molar-refractivity contribution in [3.63, 3.8) is 0 Å². The summed E-state index contributed by atoms with van der Waals surface area (Å²) in [5, 5.41) is 9.13. The molecule has 5 nitrogen and oxygen atoms in total. The van der Waals surface area contributed by atoms with Crippen molar-refractivity contribution < 1.29 is 19.0 Å². The van der Waals surface area contributed by atoms with Gasteiger partial charge in [0.05, 0.1) is 12.3 Å². The number of carboxylic acid groups (broad SMARTS) is 1. The van der Waals surface area contributed by atoms with Crippen molar-refractivity contribution in [3.8, 4) is 17.0 Å². The topological polar surface area (TPSA) is 68.5 Å². The molecule has 1 N–H and O–H groups in total. The van der Waals surface area contributed by atoms with Gasteiger partial charge in [0.15, 0.2) is 5.82 Å². The van der Waals surface area contributed by atoms with Crippen LogP contribution in [0, 0.1) is 17.7 Å². The quantitative estimate of drug-likeness (QED) is 0.735. The Bertz CT molecular complexity index is 946. The lowest BCUT2D eigenvalue weighted by atomic mass is 9.93. The molecule has 0 saturated heterocycles. The number of rotatable bonds is 8. The molecule has 28 heavy (non-hydrogen) atoms. The Balaban J connectivity index is 2.07. The fourth-order valence-corrected chi connectivity index (χ4v) is 3.24. The van der Waals surface area contributed by atoms with Crippen LogP contribution in [0.3, 0.4) is 0 Å². The zero-order valence-electron chi connectivity index (χ0n) is 16.5. The second-order valence-electron chi connectivity index (χ2n) is 7.74. The van der Waals surface area contributed by atoms with E-state index in [0.29, 0.717) is 30.4 Å². The van der Waals surface area contributed by atoms with E-state index in [9.17, 15) is 14.0 Å². The molecule has 1 saturated carbocycles. The number of aromatic carboxylic acids is 1. The van der Waals surface area contributed by atoms with E-state index in [1.807, 2.05) is 6.07 Å². The maximum Gasteiger partial charge on any atom is 0.341 e. The predicted molar refractivity (Wildman–Crippen MR) is 105 cm³/mol. The fourth-order valence-electron chi connectivity index (χ4n) is 3.24. The van der Waals surface area contributed by atoms with Crippen LogP contribution in [0.15, 0.2) is 29.2 Å². The number of aromatic nitrogens is 1. The summed E-state index contributed by atoms with van der Waals surface area (Å²) in [6, 6.07) is 5.46. The van der Waals surface area contributed by atoms with E-state index in [1.165, 1.54) is 23.6 Å². The molecular weight excluding hydrogens is 361 g/mol. The number of hydrogen-bond acceptors (Lipinski definition) is 3. The van der Waals surface area contributed by atoms with Crippen LogP contribution >= 0.6 is 0 Å². The molecular formula is C22H26FNO4. The third-order valence-electron chi connectivity index (χ3n) is 5.34. The molecule has 2 aromatic rings. The smallest absolute Gasteiger partial charge is 0.341 e. The number of hydrogen-bond donors (Lipinski definition) is 1. The normalized spacial score (nSPS) is 14.7. The standard InChI is InChI=1S/C22H26FNO4/c1-4-13(2)9-15-10-16(28-12-14-5-6-14)7-8-17(15)20-19(23)21(25)18(22(26)27)11-24(20)3/h7-8,10-11,13-14H,4-6,9,12H2,1-3H3,(H,26,27). The van der Waals surface area contributed by atoms with Crippen LogP contribution in [0.25, 0.3) is 11.3 Å². The number of pyridine rings is 1. The average molecular weight is 387 g/mol. The van der Waals surface area contributed by atoms with E-state index in [0.717, 1.165) is 17.7 Å². The highest BCUT2D eigenvalue weighted by molar-refractivity contribution is 5.87. The molecule has 150 valence electrons. The van der Waals surface area contributed by atoms with Crippen molar-refractivity contribution >= 4 is 5.97 Å². The Kier molecular flexibility index (Phi) is 5.87. The summed E-state index contributed by atoms with van der Waals surface area (Å²) in [5.41, 5.74) is -0.0875. The lowest BCUT2D eigenvalue weighted by Gasteiger charge is -2.18. The number of benzene rings is 1. The molecule has 3 rings (SSSR count). The molecule has 0 spiro atoms. The monoisotopic (exact) mass is 387 g/mol. The summed E-state index contributed by atoms with van der Waals surface area (Å²) in [6.45, 7) is 4.89. The number of halogens is 1. The molecule has 1 aliphatic rings. The second kappa shape index (κ2) is 8.17. The molecule has 1 atom stereocenters. The van der Waals surface area contributed by atoms with E-state index < -0.39 is 22.8 Å². The van der Waals surface area contributed by atoms with E-state index in [1.54, 1.807) is 19.2 Å². The first-order valence-electron chi connectivity index (χ1n) is 9.70. The summed E-state index contributed by atoms with van der Waals surface area (Å²) < 4.78 is 22.1. The highest BCUT2D eigenvalue weighted by Gasteiger charge is 2.24. The molecule has 0 bridgehead atoms. The van der Waals surface area contributed by atoms with E-state index in [2.05, 4.69) is 13.8 Å². The molecule has 6 heteroatoms. The van der Waals surface area contributed by atoms with Gasteiger partial charge < -0.3 is 14.4 Å². The van der Waals surface area contributed by atoms with Gasteiger partial charge in [0.2, 0.25) is 5.43 Å². The van der Waals surface area contributed by atoms with Crippen molar-refractivity contribution in [2.75, 3.05) is 6.61 Å². The van der Waals surface area contributed by atoms with Gasteiger partial charge in [-0.1, -0.05) is 20.3 Å². The molecule has 1 aromatic heterocycles. The summed E-state index contributed by atoms with van der Waals surface area (Å²) >= 11 is 0. The second-order valence-corrected chi connectivity index (χ2v) is 7.74. The summed E-state index contributed by atoms with van der Waals surface area (Å²) in [4.78, 5) is 23.4. The first-order chi connectivity index (χ1) is 13.3. The van der Waals surface area contributed by atoms with Crippen LogP contribution in [0.5, 0.6) is 5.75 Å². The minimum absolute atomic E-state index is 0.0991. The molecule has 1 heterocycles. The van der Waals surface area contributed by atoms with Crippen molar-refractivity contribution in [3.05, 3.63) is 51.6 Å². The lowest BCUT2D eigenvalue weighted by Crippen LogP contribution is -2.22. The van der Waals surface area contributed by atoms with Gasteiger partial charge >= 0.3 is 5.97 Å². The summed E-state index contributed by atoms with van der Waals surface area (Å²) in [6.07, 6.45) is 5.24. The number of carboxylic acids is 1. The number of nitrogens with zero attached hydrogens (tertiary/aromatic N) is 1. The first kappa shape index (κ1) is 20.1. The third kappa shape index (κ3) is 4.26. The zero-order valence-corrected chi connectivity index (χ0v) is 16.5. The van der Waals surface area contributed by atoms with Gasteiger partial charge in [-0.15, -0.1) is 0 Å². The largest absolute Gasteiger partial charge is 0.493 e. The number of ether oxygens (including phenoxy) is 1. The molecule has 1 aliphatic carbocycles. The van der Waals surface area contributed by atoms with Crippen LogP contribution in [0.4, 0.5) is 4.39 Å². The number of carbonyl (C=O) groups is 1. The highest BCUT2D eigenvalue weighted by Crippen LogP contribution is 2.33. The van der Waals surface area contributed by atoms with Crippen LogP contribution in [0.2, 0.25) is 0 Å². The van der Waals surface area contributed by atoms with E-state index in [-0.39, 0.29) is 5.69 Å². The molecule has 0 aliphatic heterocycles. The Morgan fingerprint density at radius 1 is 1.39 bits per heavy atom. The maximum absolute atomic E-state index is 14.9. The van der Waals surface area contributed by atoms with Crippen molar-refractivity contribution in [2.45, 2.75) is 39.5 Å². The van der Waals surface area contributed by atoms with Crippen molar-refractivity contribution in [1.82, 2.24) is 4.57 Å². The average Bonchev–Trinajstić information content (AvgIpc) is 3.48. The molecule has 1 fully saturated rings. The SMILES string of the molecule is CCC(C)Cc1cc(OCC2CC2)ccc1-c1c(F)c(=O)c(C(=O)O)cn1C. The molecule has 1 unspecified atom stereocenters.